The van der Waals surface area contributed by atoms with Crippen LogP contribution in [0.3, 0.4) is 0 Å². The molecule has 3 unspecified atom stereocenters. The molecule has 6 heteroatoms. The van der Waals surface area contributed by atoms with E-state index in [1.165, 1.54) is 24.8 Å². The first kappa shape index (κ1) is 27.9. The smallest absolute Gasteiger partial charge is 0.326 e. The van der Waals surface area contributed by atoms with Crippen LogP contribution in [0.25, 0.3) is 0 Å². The lowest BCUT2D eigenvalue weighted by Gasteiger charge is -2.36. The first-order chi connectivity index (χ1) is 20.1. The van der Waals surface area contributed by atoms with Crippen molar-refractivity contribution in [1.29, 1.82) is 0 Å². The van der Waals surface area contributed by atoms with E-state index in [-0.39, 0.29) is 35.2 Å². The van der Waals surface area contributed by atoms with Crippen LogP contribution in [-0.4, -0.2) is 41.1 Å². The molecular weight excluding hydrogens is 524 g/mol. The molecule has 1 aliphatic heterocycles. The molecule has 42 heavy (non-hydrogen) atoms. The molecule has 1 spiro atoms. The fraction of sp³-hybridized carbons (Fsp3) is 0.611. The lowest BCUT2D eigenvalue weighted by atomic mass is 9.72. The van der Waals surface area contributed by atoms with Gasteiger partial charge in [0.15, 0.2) is 0 Å². The van der Waals surface area contributed by atoms with Crippen LogP contribution in [0.1, 0.15) is 94.9 Å². The highest BCUT2D eigenvalue weighted by Crippen LogP contribution is 2.94. The number of carboxylic acids is 1. The van der Waals surface area contributed by atoms with E-state index in [0.717, 1.165) is 54.9 Å². The highest BCUT2D eigenvalue weighted by molar-refractivity contribution is 5.87. The molecule has 1 amide bonds. The number of ether oxygens (including phenoxy) is 1. The van der Waals surface area contributed by atoms with Gasteiger partial charge in [-0.1, -0.05) is 82.5 Å². The van der Waals surface area contributed by atoms with E-state index in [1.54, 1.807) is 12.0 Å². The zero-order valence-electron chi connectivity index (χ0n) is 25.6. The van der Waals surface area contributed by atoms with Gasteiger partial charge in [0.1, 0.15) is 11.8 Å². The summed E-state index contributed by atoms with van der Waals surface area (Å²) < 4.78 is 5.83. The Morgan fingerprint density at radius 3 is 2.36 bits per heavy atom. The maximum Gasteiger partial charge on any atom is 0.326 e. The van der Waals surface area contributed by atoms with Gasteiger partial charge in [-0.2, -0.15) is 0 Å². The van der Waals surface area contributed by atoms with Crippen LogP contribution in [0, 0.1) is 28.6 Å². The van der Waals surface area contributed by atoms with Crippen LogP contribution in [-0.2, 0) is 21.5 Å². The number of benzene rings is 2. The zero-order valence-corrected chi connectivity index (χ0v) is 25.6. The lowest BCUT2D eigenvalue weighted by Crippen LogP contribution is -2.49. The van der Waals surface area contributed by atoms with Crippen molar-refractivity contribution in [2.45, 2.75) is 102 Å². The van der Waals surface area contributed by atoms with Crippen molar-refractivity contribution in [3.05, 3.63) is 65.2 Å². The van der Waals surface area contributed by atoms with Crippen molar-refractivity contribution in [3.8, 4) is 5.75 Å². The van der Waals surface area contributed by atoms with E-state index >= 15 is 0 Å². The molecule has 7 rings (SSSR count). The standard InChI is InChI=1S/C36H46N2O4/c1-34(2,3)28-29(37-20-24-17-25(15-16-27(24)42-4)35-18-26-19-36(26,35)21-35)30(22-11-7-5-8-12-22)38(31(28)33(40)41)32(39)23-13-9-6-10-14-23/h5,7-8,11-12,15-17,23,26,28-31,37H,6,9-10,13-14,18-21H2,1-4H3,(H,40,41)/t26?,28-,29-,30-,31-,35?,36?/m0/s1. The number of amides is 1. The number of carboxylic acid groups (broad SMARTS) is 1. The van der Waals surface area contributed by atoms with Crippen molar-refractivity contribution in [3.63, 3.8) is 0 Å². The molecule has 2 aromatic rings. The third kappa shape index (κ3) is 4.15. The third-order valence-corrected chi connectivity index (χ3v) is 11.9. The van der Waals surface area contributed by atoms with Crippen molar-refractivity contribution in [2.75, 3.05) is 7.11 Å². The molecular formula is C36H46N2O4. The second-order valence-corrected chi connectivity index (χ2v) is 15.1. The summed E-state index contributed by atoms with van der Waals surface area (Å²) in [5.41, 5.74) is 4.16. The minimum atomic E-state index is -0.911. The Hall–Kier alpha value is -2.86. The van der Waals surface area contributed by atoms with Crippen molar-refractivity contribution >= 4 is 11.9 Å². The Kier molecular flexibility index (Phi) is 6.54. The predicted octanol–water partition coefficient (Wildman–Crippen LogP) is 6.48. The Balaban J connectivity index is 1.26. The zero-order chi connectivity index (χ0) is 29.4. The normalized spacial score (nSPS) is 35.1. The number of rotatable bonds is 8. The van der Waals surface area contributed by atoms with Gasteiger partial charge in [0, 0.05) is 35.4 Å². The quantitative estimate of drug-likeness (QED) is 0.380. The number of hydrogen-bond acceptors (Lipinski definition) is 4. The highest BCUT2D eigenvalue weighted by atomic mass is 16.5. The second kappa shape index (κ2) is 9.83. The van der Waals surface area contributed by atoms with Gasteiger partial charge in [0.25, 0.3) is 0 Å². The predicted molar refractivity (Wildman–Crippen MR) is 162 cm³/mol. The number of nitrogens with one attached hydrogen (secondary N) is 1. The van der Waals surface area contributed by atoms with Gasteiger partial charge in [-0.25, -0.2) is 4.79 Å². The molecule has 6 nitrogen and oxygen atoms in total. The Morgan fingerprint density at radius 1 is 1.05 bits per heavy atom. The SMILES string of the molecule is COc1ccc(C23CC4CC42C3)cc1CN[C@H]1[C@H](C(C)(C)C)[C@@H](C(=O)O)N(C(=O)C2CCCCC2)[C@H]1c1ccccc1. The molecule has 5 fully saturated rings. The number of methoxy groups -OCH3 is 1. The summed E-state index contributed by atoms with van der Waals surface area (Å²) in [5, 5.41) is 14.6. The van der Waals surface area contributed by atoms with Gasteiger partial charge in [-0.05, 0) is 66.0 Å². The molecule has 224 valence electrons. The van der Waals surface area contributed by atoms with Crippen molar-refractivity contribution in [1.82, 2.24) is 10.2 Å². The molecule has 1 saturated heterocycles. The molecule has 4 aliphatic carbocycles. The molecule has 0 radical (unpaired) electrons. The Bertz CT molecular complexity index is 1370. The summed E-state index contributed by atoms with van der Waals surface area (Å²) >= 11 is 0. The van der Waals surface area contributed by atoms with Gasteiger partial charge in [0.2, 0.25) is 5.91 Å². The summed E-state index contributed by atoms with van der Waals surface area (Å²) in [5.74, 6) is 0.505. The Labute approximate surface area is 250 Å². The molecule has 2 aromatic carbocycles. The lowest BCUT2D eigenvalue weighted by molar-refractivity contribution is -0.154. The largest absolute Gasteiger partial charge is 0.496 e. The molecule has 0 bridgehead atoms. The van der Waals surface area contributed by atoms with Gasteiger partial charge in [-0.15, -0.1) is 0 Å². The van der Waals surface area contributed by atoms with Crippen molar-refractivity contribution in [2.24, 2.45) is 28.6 Å². The summed E-state index contributed by atoms with van der Waals surface area (Å²) in [6.07, 6.45) is 8.92. The van der Waals surface area contributed by atoms with Crippen LogP contribution in [0.5, 0.6) is 5.75 Å². The summed E-state index contributed by atoms with van der Waals surface area (Å²) in [6, 6.07) is 15.3. The maximum atomic E-state index is 14.3. The van der Waals surface area contributed by atoms with E-state index in [1.807, 2.05) is 18.2 Å². The summed E-state index contributed by atoms with van der Waals surface area (Å²) in [7, 11) is 1.72. The average molecular weight is 571 g/mol. The van der Waals surface area contributed by atoms with Crippen LogP contribution < -0.4 is 10.1 Å². The first-order valence-electron chi connectivity index (χ1n) is 16.1. The second-order valence-electron chi connectivity index (χ2n) is 15.1. The van der Waals surface area contributed by atoms with Crippen LogP contribution in [0.15, 0.2) is 48.5 Å². The molecule has 2 N–H and O–H groups in total. The fourth-order valence-corrected chi connectivity index (χ4v) is 9.75. The van der Waals surface area contributed by atoms with E-state index < -0.39 is 12.0 Å². The number of aliphatic carboxylic acids is 1. The van der Waals surface area contributed by atoms with E-state index in [4.69, 9.17) is 4.74 Å². The number of carbonyl (C=O) groups is 2. The fourth-order valence-electron chi connectivity index (χ4n) is 9.75. The minimum absolute atomic E-state index is 0.0104. The Morgan fingerprint density at radius 2 is 1.79 bits per heavy atom. The van der Waals surface area contributed by atoms with Crippen molar-refractivity contribution < 1.29 is 19.4 Å². The third-order valence-electron chi connectivity index (χ3n) is 11.9. The van der Waals surface area contributed by atoms with Gasteiger partial charge in [-0.3, -0.25) is 4.79 Å². The minimum Gasteiger partial charge on any atom is -0.496 e. The highest BCUT2D eigenvalue weighted by Gasteiger charge is 2.88. The van der Waals surface area contributed by atoms with Crippen LogP contribution in [0.2, 0.25) is 0 Å². The first-order valence-corrected chi connectivity index (χ1v) is 16.1. The summed E-state index contributed by atoms with van der Waals surface area (Å²) in [4.78, 5) is 29.3. The molecule has 7 atom stereocenters. The maximum absolute atomic E-state index is 14.3. The van der Waals surface area contributed by atoms with Gasteiger partial charge >= 0.3 is 5.97 Å². The number of carbonyl (C=O) groups excluding carboxylic acids is 1. The monoisotopic (exact) mass is 570 g/mol. The topological polar surface area (TPSA) is 78.9 Å². The average Bonchev–Trinajstić information content (AvgIpc) is 3.67. The number of nitrogens with zero attached hydrogens (tertiary/aromatic N) is 1. The van der Waals surface area contributed by atoms with E-state index in [2.05, 4.69) is 56.4 Å². The summed E-state index contributed by atoms with van der Waals surface area (Å²) in [6.45, 7) is 6.92. The van der Waals surface area contributed by atoms with Gasteiger partial charge < -0.3 is 20.1 Å². The van der Waals surface area contributed by atoms with Crippen LogP contribution in [0.4, 0.5) is 0 Å². The number of hydrogen-bond donors (Lipinski definition) is 2. The molecule has 0 aromatic heterocycles. The van der Waals surface area contributed by atoms with E-state index in [0.29, 0.717) is 17.4 Å². The molecule has 5 aliphatic rings. The molecule has 4 saturated carbocycles. The van der Waals surface area contributed by atoms with Gasteiger partial charge in [0.05, 0.1) is 13.2 Å². The molecule has 1 heterocycles. The number of likely N-dealkylation sites (tertiary alicyclic amines) is 1. The van der Waals surface area contributed by atoms with Crippen LogP contribution >= 0.6 is 0 Å². The van der Waals surface area contributed by atoms with E-state index in [9.17, 15) is 14.7 Å².